The van der Waals surface area contributed by atoms with Crippen LogP contribution in [0.3, 0.4) is 0 Å². The van der Waals surface area contributed by atoms with E-state index < -0.39 is 65.1 Å². The first kappa shape index (κ1) is 58.2. The topological polar surface area (TPSA) is 137 Å². The Morgan fingerprint density at radius 1 is 0.887 bits per heavy atom. The summed E-state index contributed by atoms with van der Waals surface area (Å²) in [6.45, 7) is 12.3. The number of nitrogens with one attached hydrogen (secondary N) is 4. The third-order valence-corrected chi connectivity index (χ3v) is 17.8. The molecular weight excluding hydrogens is 978 g/mol. The van der Waals surface area contributed by atoms with Crippen molar-refractivity contribution in [1.82, 2.24) is 14.9 Å². The molecule has 4 N–H and O–H groups in total. The zero-order chi connectivity index (χ0) is 51.8. The number of unbranched alkanes of at least 4 members (excludes halogenated alkanes) is 5. The lowest BCUT2D eigenvalue weighted by molar-refractivity contribution is -0.0436. The van der Waals surface area contributed by atoms with Crippen molar-refractivity contribution in [2.24, 2.45) is 23.2 Å². The molecule has 10 nitrogen and oxygen atoms in total. The molecule has 2 aliphatic carbocycles. The van der Waals surface area contributed by atoms with Gasteiger partial charge in [-0.1, -0.05) is 82.7 Å². The van der Waals surface area contributed by atoms with Crippen molar-refractivity contribution < 1.29 is 43.6 Å². The van der Waals surface area contributed by atoms with Gasteiger partial charge in [-0.3, -0.25) is 4.79 Å². The number of amides is 1. The number of thioether (sulfide) groups is 1. The molecule has 1 fully saturated rings. The van der Waals surface area contributed by atoms with Gasteiger partial charge < -0.3 is 20.9 Å². The minimum atomic E-state index is -6.06. The Balaban J connectivity index is 1.16. The molecule has 0 aliphatic heterocycles. The molecule has 1 amide bonds. The summed E-state index contributed by atoms with van der Waals surface area (Å²) in [5.41, 5.74) is -2.65. The van der Waals surface area contributed by atoms with Gasteiger partial charge in [-0.2, -0.15) is 13.2 Å². The normalized spacial score (nSPS) is 16.8. The van der Waals surface area contributed by atoms with Gasteiger partial charge in [0.2, 0.25) is 6.43 Å². The first-order valence-electron chi connectivity index (χ1n) is 25.3. The summed E-state index contributed by atoms with van der Waals surface area (Å²) in [6.07, 6.45) is 10.7. The molecule has 0 bridgehead atoms. The molecule has 0 saturated heterocycles. The molecule has 3 aromatic rings. The molecule has 0 aromatic heterocycles. The van der Waals surface area contributed by atoms with Crippen LogP contribution in [0.1, 0.15) is 128 Å². The summed E-state index contributed by atoms with van der Waals surface area (Å²) in [4.78, 5) is 14.2. The van der Waals surface area contributed by atoms with Crippen molar-refractivity contribution >= 4 is 48.9 Å². The van der Waals surface area contributed by atoms with E-state index in [0.29, 0.717) is 43.4 Å². The van der Waals surface area contributed by atoms with Crippen LogP contribution in [0.2, 0.25) is 0 Å². The highest BCUT2D eigenvalue weighted by molar-refractivity contribution is 7.99. The van der Waals surface area contributed by atoms with Crippen molar-refractivity contribution in [2.45, 2.75) is 150 Å². The lowest BCUT2D eigenvalue weighted by Crippen LogP contribution is -2.32. The second-order valence-corrected chi connectivity index (χ2v) is 25.0. The summed E-state index contributed by atoms with van der Waals surface area (Å²) in [7, 11) is -8.95. The van der Waals surface area contributed by atoms with Gasteiger partial charge in [0.25, 0.3) is 25.8 Å². The maximum Gasteiger partial charge on any atom is 0.501 e. The lowest BCUT2D eigenvalue weighted by atomic mass is 9.70. The van der Waals surface area contributed by atoms with Gasteiger partial charge >= 0.3 is 5.51 Å². The first-order chi connectivity index (χ1) is 33.6. The van der Waals surface area contributed by atoms with Gasteiger partial charge in [-0.25, -0.2) is 30.3 Å². The van der Waals surface area contributed by atoms with Gasteiger partial charge in [-0.15, -0.1) is 11.8 Å². The number of carbonyl (C=O) groups is 1. The number of hydrogen-bond acceptors (Lipinski definition) is 10. The minimum absolute atomic E-state index is 0.0409. The Labute approximate surface area is 424 Å². The first-order valence-corrected chi connectivity index (χ1v) is 29.2. The number of alkyl halides is 5. The van der Waals surface area contributed by atoms with E-state index in [1.165, 1.54) is 35.0 Å². The molecule has 71 heavy (non-hydrogen) atoms. The molecule has 3 unspecified atom stereocenters. The largest absolute Gasteiger partial charge is 0.501 e. The maximum atomic E-state index is 14.2. The third-order valence-electron chi connectivity index (χ3n) is 13.7. The highest BCUT2D eigenvalue weighted by Crippen LogP contribution is 2.47. The minimum Gasteiger partial charge on any atom is -0.385 e. The number of nitrogens with zero attached hydrogens (tertiary/aromatic N) is 1. The Morgan fingerprint density at radius 3 is 2.24 bits per heavy atom. The highest BCUT2D eigenvalue weighted by atomic mass is 32.2. The van der Waals surface area contributed by atoms with Gasteiger partial charge in [0, 0.05) is 46.9 Å². The van der Waals surface area contributed by atoms with E-state index in [0.717, 1.165) is 114 Å². The molecule has 0 spiro atoms. The number of allylic oxidation sites excluding steroid dienone is 1. The van der Waals surface area contributed by atoms with Crippen molar-refractivity contribution in [3.05, 3.63) is 89.5 Å². The molecule has 18 heteroatoms. The molecule has 1 saturated carbocycles. The lowest BCUT2D eigenvalue weighted by Gasteiger charge is -2.37. The molecular formula is C53H76F5N5O5S3. The molecule has 3 atom stereocenters. The predicted octanol–water partition coefficient (Wildman–Crippen LogP) is 12.6. The van der Waals surface area contributed by atoms with Crippen LogP contribution in [0.4, 0.5) is 33.3 Å². The van der Waals surface area contributed by atoms with Gasteiger partial charge in [0.1, 0.15) is 4.90 Å². The molecule has 2 aliphatic rings. The number of anilines is 2. The number of sulfonamides is 1. The highest BCUT2D eigenvalue weighted by Gasteiger charge is 2.48. The van der Waals surface area contributed by atoms with Crippen LogP contribution in [0.25, 0.3) is 0 Å². The summed E-state index contributed by atoms with van der Waals surface area (Å²) in [6, 6.07) is 17.3. The molecule has 5 rings (SSSR count). The van der Waals surface area contributed by atoms with E-state index in [1.807, 2.05) is 42.1 Å². The van der Waals surface area contributed by atoms with Gasteiger partial charge in [0.15, 0.2) is 0 Å². The van der Waals surface area contributed by atoms with Gasteiger partial charge in [0.05, 0.1) is 10.6 Å². The smallest absolute Gasteiger partial charge is 0.385 e. The van der Waals surface area contributed by atoms with Crippen LogP contribution in [0.5, 0.6) is 0 Å². The van der Waals surface area contributed by atoms with Crippen LogP contribution >= 0.6 is 11.8 Å². The molecule has 396 valence electrons. The monoisotopic (exact) mass is 1050 g/mol. The van der Waals surface area contributed by atoms with E-state index in [-0.39, 0.29) is 22.8 Å². The molecule has 0 heterocycles. The van der Waals surface area contributed by atoms with Crippen LogP contribution in [0, 0.1) is 23.2 Å². The third kappa shape index (κ3) is 18.3. The Bertz CT molecular complexity index is 2400. The number of rotatable bonds is 31. The zero-order valence-corrected chi connectivity index (χ0v) is 44.5. The van der Waals surface area contributed by atoms with E-state index in [9.17, 15) is 43.6 Å². The van der Waals surface area contributed by atoms with Crippen LogP contribution in [-0.2, 0) is 19.9 Å². The predicted molar refractivity (Wildman–Crippen MR) is 277 cm³/mol. The van der Waals surface area contributed by atoms with Crippen molar-refractivity contribution in [3.8, 4) is 0 Å². The van der Waals surface area contributed by atoms with Crippen LogP contribution < -0.4 is 20.7 Å². The fourth-order valence-corrected chi connectivity index (χ4v) is 12.3. The van der Waals surface area contributed by atoms with E-state index in [1.54, 1.807) is 12.1 Å². The van der Waals surface area contributed by atoms with Crippen molar-refractivity contribution in [2.75, 3.05) is 56.2 Å². The number of hydrogen-bond donors (Lipinski definition) is 4. The summed E-state index contributed by atoms with van der Waals surface area (Å²) in [5.74, 6) is -0.908. The van der Waals surface area contributed by atoms with Crippen molar-refractivity contribution in [1.29, 1.82) is 0 Å². The van der Waals surface area contributed by atoms with E-state index in [2.05, 4.69) is 48.5 Å². The number of benzene rings is 3. The second kappa shape index (κ2) is 27.0. The molecule has 0 radical (unpaired) electrons. The van der Waals surface area contributed by atoms with E-state index >= 15 is 0 Å². The fraction of sp³-hybridized carbons (Fsp3) is 0.604. The Hall–Kier alpha value is -3.71. The fourth-order valence-electron chi connectivity index (χ4n) is 9.25. The van der Waals surface area contributed by atoms with Crippen molar-refractivity contribution in [3.63, 3.8) is 0 Å². The second-order valence-electron chi connectivity index (χ2n) is 20.3. The zero-order valence-electron chi connectivity index (χ0n) is 42.1. The standard InChI is InChI=1S/C53H76F5N5O5S3/c1-6-7-8-9-15-31-63(5)32-27-43(37-69-44-16-11-10-12-17-44)61-48-25-24-45(34-49(48)70(65,66)53(56,57)58)71(67,68)62-51(64)40-20-22-42(23-21-40)60-30-14-13-29-59-36-41-26-28-52(3,4)35-47(41)38(2)33-46(50(54)55)39-18-19-39/h10-12,16-17,20-25,34,38-39,43,46,50,59-61H,6-9,13-15,18-19,26-33,35-37H2,1-5H3,(H,62,64). The SMILES string of the molecule is CCCCCCCN(C)CCC(CSc1ccccc1)Nc1ccc(S(=O)(=O)NC(=O)c2ccc(NCCCCNCC3=C(C(C)CC(C(F)F)C4CC4)CC(C)(C)CC3)cc2)cc1S(=O)(=O)C(F)(F)F. The Kier molecular flexibility index (Phi) is 22.1. The maximum absolute atomic E-state index is 14.2. The van der Waals surface area contributed by atoms with E-state index in [4.69, 9.17) is 0 Å². The summed E-state index contributed by atoms with van der Waals surface area (Å²) in [5, 5.41) is 9.86. The Morgan fingerprint density at radius 2 is 1.58 bits per heavy atom. The number of halogens is 5. The van der Waals surface area contributed by atoms with Crippen LogP contribution in [-0.4, -0.2) is 91.1 Å². The van der Waals surface area contributed by atoms with Gasteiger partial charge in [-0.05, 0) is 163 Å². The summed E-state index contributed by atoms with van der Waals surface area (Å²) >= 11 is 1.46. The molecule has 3 aromatic carbocycles. The number of carbonyl (C=O) groups excluding carboxylic acids is 1. The number of sulfone groups is 1. The summed E-state index contributed by atoms with van der Waals surface area (Å²) < 4.78 is 125. The van der Waals surface area contributed by atoms with Crippen LogP contribution in [0.15, 0.2) is 98.6 Å². The quantitative estimate of drug-likeness (QED) is 0.0213. The average molecular weight is 1050 g/mol. The average Bonchev–Trinajstić information content (AvgIpc) is 4.17.